The standard InChI is InChI=1S/C15H10N2O6S/c18-13(10-5-7-11(8-6-10)17(20)21)9-16-15(19)12-3-1-2-4-14(12)24(16,22)23/h1-8H,9H2. The first kappa shape index (κ1) is 15.8. The zero-order valence-electron chi connectivity index (χ0n) is 12.1. The van der Waals surface area contributed by atoms with E-state index in [1.54, 1.807) is 0 Å². The zero-order valence-corrected chi connectivity index (χ0v) is 12.9. The number of hydrogen-bond acceptors (Lipinski definition) is 6. The summed E-state index contributed by atoms with van der Waals surface area (Å²) < 4.78 is 25.3. The highest BCUT2D eigenvalue weighted by molar-refractivity contribution is 7.90. The van der Waals surface area contributed by atoms with Gasteiger partial charge in [0.05, 0.1) is 10.5 Å². The van der Waals surface area contributed by atoms with Gasteiger partial charge in [0.2, 0.25) is 0 Å². The summed E-state index contributed by atoms with van der Waals surface area (Å²) in [6.45, 7) is -0.659. The molecule has 24 heavy (non-hydrogen) atoms. The van der Waals surface area contributed by atoms with Gasteiger partial charge in [-0.15, -0.1) is 0 Å². The molecule has 1 aliphatic rings. The number of amides is 1. The lowest BCUT2D eigenvalue weighted by Crippen LogP contribution is -2.35. The van der Waals surface area contributed by atoms with Crippen LogP contribution in [0.25, 0.3) is 0 Å². The van der Waals surface area contributed by atoms with E-state index in [4.69, 9.17) is 0 Å². The smallest absolute Gasteiger partial charge is 0.269 e. The number of hydrogen-bond donors (Lipinski definition) is 0. The number of ketones is 1. The fourth-order valence-corrected chi connectivity index (χ4v) is 3.90. The molecule has 0 fully saturated rings. The Labute approximate surface area is 136 Å². The highest BCUT2D eigenvalue weighted by Crippen LogP contribution is 2.30. The largest absolute Gasteiger partial charge is 0.292 e. The topological polar surface area (TPSA) is 115 Å². The van der Waals surface area contributed by atoms with Crippen LogP contribution in [0.15, 0.2) is 53.4 Å². The Morgan fingerprint density at radius 1 is 1.08 bits per heavy atom. The van der Waals surface area contributed by atoms with Gasteiger partial charge in [0, 0.05) is 17.7 Å². The van der Waals surface area contributed by atoms with Gasteiger partial charge in [-0.1, -0.05) is 12.1 Å². The molecular weight excluding hydrogens is 336 g/mol. The van der Waals surface area contributed by atoms with Gasteiger partial charge in [0.25, 0.3) is 21.6 Å². The summed E-state index contributed by atoms with van der Waals surface area (Å²) in [7, 11) is -4.07. The van der Waals surface area contributed by atoms with Crippen molar-refractivity contribution in [2.75, 3.05) is 6.54 Å². The number of benzene rings is 2. The molecule has 0 saturated carbocycles. The summed E-state index contributed by atoms with van der Waals surface area (Å²) in [4.78, 5) is 34.3. The number of nitrogens with zero attached hydrogens (tertiary/aromatic N) is 2. The molecule has 2 aromatic carbocycles. The molecule has 0 aliphatic carbocycles. The second-order valence-corrected chi connectivity index (χ2v) is 6.87. The Morgan fingerprint density at radius 3 is 2.29 bits per heavy atom. The average molecular weight is 346 g/mol. The molecule has 0 atom stereocenters. The summed E-state index contributed by atoms with van der Waals surface area (Å²) in [6, 6.07) is 10.4. The third-order valence-corrected chi connectivity index (χ3v) is 5.39. The van der Waals surface area contributed by atoms with Crippen molar-refractivity contribution in [3.8, 4) is 0 Å². The predicted molar refractivity (Wildman–Crippen MR) is 82.1 cm³/mol. The maximum absolute atomic E-state index is 12.4. The quantitative estimate of drug-likeness (QED) is 0.472. The van der Waals surface area contributed by atoms with Crippen LogP contribution in [0, 0.1) is 10.1 Å². The monoisotopic (exact) mass is 346 g/mol. The Balaban J connectivity index is 1.88. The zero-order chi connectivity index (χ0) is 17.5. The molecule has 0 aromatic heterocycles. The number of fused-ring (bicyclic) bond motifs is 1. The van der Waals surface area contributed by atoms with Crippen molar-refractivity contribution >= 4 is 27.4 Å². The number of non-ortho nitro benzene ring substituents is 1. The SMILES string of the molecule is O=C(CN1C(=O)c2ccccc2S1(=O)=O)c1ccc([N+](=O)[O-])cc1. The number of sulfonamides is 1. The lowest BCUT2D eigenvalue weighted by atomic mass is 10.1. The fourth-order valence-electron chi connectivity index (χ4n) is 2.38. The van der Waals surface area contributed by atoms with Gasteiger partial charge in [-0.2, -0.15) is 0 Å². The van der Waals surface area contributed by atoms with E-state index >= 15 is 0 Å². The number of rotatable bonds is 4. The molecule has 1 amide bonds. The molecule has 9 heteroatoms. The molecule has 2 aromatic rings. The van der Waals surface area contributed by atoms with Gasteiger partial charge in [0.15, 0.2) is 5.78 Å². The number of carbonyl (C=O) groups is 2. The predicted octanol–water partition coefficient (Wildman–Crippen LogP) is 1.62. The van der Waals surface area contributed by atoms with Gasteiger partial charge in [-0.05, 0) is 24.3 Å². The molecule has 8 nitrogen and oxygen atoms in total. The van der Waals surface area contributed by atoms with Crippen molar-refractivity contribution in [1.82, 2.24) is 4.31 Å². The van der Waals surface area contributed by atoms with Crippen molar-refractivity contribution in [2.45, 2.75) is 4.90 Å². The third kappa shape index (κ3) is 2.44. The number of nitro benzene ring substituents is 1. The molecule has 122 valence electrons. The maximum Gasteiger partial charge on any atom is 0.269 e. The number of nitro groups is 1. The van der Waals surface area contributed by atoms with Crippen molar-refractivity contribution in [2.24, 2.45) is 0 Å². The molecule has 3 rings (SSSR count). The lowest BCUT2D eigenvalue weighted by molar-refractivity contribution is -0.384. The average Bonchev–Trinajstić information content (AvgIpc) is 2.76. The van der Waals surface area contributed by atoms with E-state index in [0.717, 1.165) is 12.1 Å². The van der Waals surface area contributed by atoms with E-state index in [1.165, 1.54) is 36.4 Å². The molecule has 0 radical (unpaired) electrons. The van der Waals surface area contributed by atoms with E-state index in [0.29, 0.717) is 4.31 Å². The second-order valence-electron chi connectivity index (χ2n) is 5.04. The minimum atomic E-state index is -4.07. The first-order valence-corrected chi connectivity index (χ1v) is 8.20. The molecule has 0 bridgehead atoms. The number of Topliss-reactive ketones (excluding diaryl/α,β-unsaturated/α-hetero) is 1. The van der Waals surface area contributed by atoms with E-state index in [2.05, 4.69) is 0 Å². The van der Waals surface area contributed by atoms with E-state index in [9.17, 15) is 28.1 Å². The molecule has 0 spiro atoms. The highest BCUT2D eigenvalue weighted by atomic mass is 32.2. The van der Waals surface area contributed by atoms with Crippen LogP contribution in [-0.4, -0.2) is 35.9 Å². The molecule has 1 aliphatic heterocycles. The van der Waals surface area contributed by atoms with Crippen LogP contribution in [0.3, 0.4) is 0 Å². The van der Waals surface area contributed by atoms with Crippen molar-refractivity contribution < 1.29 is 22.9 Å². The van der Waals surface area contributed by atoms with Gasteiger partial charge in [-0.25, -0.2) is 12.7 Å². The Kier molecular flexibility index (Phi) is 3.64. The molecule has 0 saturated heterocycles. The van der Waals surface area contributed by atoms with Crippen LogP contribution in [0.2, 0.25) is 0 Å². The Morgan fingerprint density at radius 2 is 1.71 bits per heavy atom. The first-order chi connectivity index (χ1) is 11.3. The Hall–Kier alpha value is -3.07. The maximum atomic E-state index is 12.4. The summed E-state index contributed by atoms with van der Waals surface area (Å²) in [5.41, 5.74) is -0.0858. The molecular formula is C15H10N2O6S. The lowest BCUT2D eigenvalue weighted by Gasteiger charge is -2.14. The molecule has 0 N–H and O–H groups in total. The summed E-state index contributed by atoms with van der Waals surface area (Å²) >= 11 is 0. The third-order valence-electron chi connectivity index (χ3n) is 3.60. The van der Waals surface area contributed by atoms with Crippen LogP contribution in [-0.2, 0) is 10.0 Å². The van der Waals surface area contributed by atoms with Crippen LogP contribution >= 0.6 is 0 Å². The van der Waals surface area contributed by atoms with Crippen LogP contribution in [0.4, 0.5) is 5.69 Å². The van der Waals surface area contributed by atoms with E-state index in [1.807, 2.05) is 0 Å². The minimum Gasteiger partial charge on any atom is -0.292 e. The Bertz CT molecular complexity index is 966. The summed E-state index contributed by atoms with van der Waals surface area (Å²) in [5.74, 6) is -1.39. The second kappa shape index (κ2) is 5.53. The first-order valence-electron chi connectivity index (χ1n) is 6.76. The van der Waals surface area contributed by atoms with E-state index in [-0.39, 0.29) is 21.7 Å². The summed E-state index contributed by atoms with van der Waals surface area (Å²) in [5, 5.41) is 10.6. The normalized spacial score (nSPS) is 15.2. The van der Waals surface area contributed by atoms with Crippen LogP contribution in [0.1, 0.15) is 20.7 Å². The van der Waals surface area contributed by atoms with Crippen molar-refractivity contribution in [3.05, 3.63) is 69.8 Å². The van der Waals surface area contributed by atoms with Crippen molar-refractivity contribution in [1.29, 1.82) is 0 Å². The molecule has 0 unspecified atom stereocenters. The van der Waals surface area contributed by atoms with Crippen molar-refractivity contribution in [3.63, 3.8) is 0 Å². The summed E-state index contributed by atoms with van der Waals surface area (Å²) in [6.07, 6.45) is 0. The minimum absolute atomic E-state index is 0.0222. The van der Waals surface area contributed by atoms with Crippen LogP contribution < -0.4 is 0 Å². The van der Waals surface area contributed by atoms with Gasteiger partial charge in [0.1, 0.15) is 11.4 Å². The highest BCUT2D eigenvalue weighted by Gasteiger charge is 2.41. The van der Waals surface area contributed by atoms with E-state index < -0.39 is 33.2 Å². The molecule has 1 heterocycles. The van der Waals surface area contributed by atoms with Gasteiger partial charge in [-0.3, -0.25) is 19.7 Å². The van der Waals surface area contributed by atoms with Crippen LogP contribution in [0.5, 0.6) is 0 Å². The number of carbonyl (C=O) groups excluding carboxylic acids is 2. The fraction of sp³-hybridized carbons (Fsp3) is 0.0667. The van der Waals surface area contributed by atoms with Gasteiger partial charge >= 0.3 is 0 Å². The van der Waals surface area contributed by atoms with Gasteiger partial charge < -0.3 is 0 Å².